The number of unbranched alkanes of at least 4 members (excludes halogenated alkanes) is 2. The molecule has 15 heteroatoms. The fraction of sp³-hybridized carbons (Fsp3) is 0.295. The van der Waals surface area contributed by atoms with Crippen LogP contribution in [0.3, 0.4) is 0 Å². The summed E-state index contributed by atoms with van der Waals surface area (Å²) in [6.45, 7) is 10.7. The number of benzene rings is 3. The summed E-state index contributed by atoms with van der Waals surface area (Å²) in [6, 6.07) is 26.4. The first-order valence-corrected chi connectivity index (χ1v) is 24.1. The van der Waals surface area contributed by atoms with E-state index in [2.05, 4.69) is 96.6 Å². The van der Waals surface area contributed by atoms with Crippen LogP contribution in [0, 0.1) is 6.92 Å². The van der Waals surface area contributed by atoms with Crippen LogP contribution in [0.1, 0.15) is 59.9 Å². The first-order valence-electron chi connectivity index (χ1n) is 20.1. The number of rotatable bonds is 15. The Morgan fingerprint density at radius 2 is 1.83 bits per heavy atom. The van der Waals surface area contributed by atoms with Crippen LogP contribution in [0.2, 0.25) is 0 Å². The molecule has 5 aromatic heterocycles. The molecule has 11 nitrogen and oxygen atoms in total. The van der Waals surface area contributed by atoms with Crippen molar-refractivity contribution in [3.63, 3.8) is 0 Å². The van der Waals surface area contributed by atoms with Crippen molar-refractivity contribution in [2.75, 3.05) is 29.7 Å². The van der Waals surface area contributed by atoms with E-state index >= 15 is 0 Å². The Kier molecular flexibility index (Phi) is 11.4. The molecule has 3 aromatic carbocycles. The Bertz CT molecular complexity index is 2890. The van der Waals surface area contributed by atoms with E-state index in [1.807, 2.05) is 22.1 Å². The van der Waals surface area contributed by atoms with E-state index in [0.29, 0.717) is 22.0 Å². The number of nitrogens with zero attached hydrogens (tertiary/aromatic N) is 5. The fourth-order valence-electron chi connectivity index (χ4n) is 7.98. The largest absolute Gasteiger partial charge is 0.341 e. The van der Waals surface area contributed by atoms with Gasteiger partial charge in [-0.2, -0.15) is 5.10 Å². The number of thiophene rings is 2. The third kappa shape index (κ3) is 8.58. The summed E-state index contributed by atoms with van der Waals surface area (Å²) in [5.41, 5.74) is 9.02. The average Bonchev–Trinajstić information content (AvgIpc) is 4.07. The molecule has 304 valence electrons. The second kappa shape index (κ2) is 17.0. The zero-order valence-corrected chi connectivity index (χ0v) is 36.3. The first kappa shape index (κ1) is 39.6. The molecule has 0 fully saturated rings. The zero-order chi connectivity index (χ0) is 40.5. The molecule has 6 heterocycles. The van der Waals surface area contributed by atoms with Crippen LogP contribution < -0.4 is 15.4 Å². The van der Waals surface area contributed by atoms with E-state index in [1.165, 1.54) is 54.7 Å². The number of hydrogen-bond donors (Lipinski definition) is 3. The Hall–Kier alpha value is -4.90. The fourth-order valence-corrected chi connectivity index (χ4v) is 11.8. The molecule has 0 bridgehead atoms. The maximum absolute atomic E-state index is 13.3. The number of aromatic nitrogens is 4. The third-order valence-corrected chi connectivity index (χ3v) is 15.7. The molecule has 1 aliphatic heterocycles. The van der Waals surface area contributed by atoms with Crippen molar-refractivity contribution in [1.82, 2.24) is 29.5 Å². The van der Waals surface area contributed by atoms with Gasteiger partial charge in [-0.15, -0.1) is 22.7 Å². The summed E-state index contributed by atoms with van der Waals surface area (Å²) < 4.78 is 33.4. The van der Waals surface area contributed by atoms with Crippen molar-refractivity contribution in [1.29, 1.82) is 0 Å². The number of hydrogen-bond acceptors (Lipinski definition) is 10. The Balaban J connectivity index is 0.740. The summed E-state index contributed by atoms with van der Waals surface area (Å²) in [4.78, 5) is 21.6. The van der Waals surface area contributed by atoms with Gasteiger partial charge in [-0.3, -0.25) is 24.4 Å². The van der Waals surface area contributed by atoms with E-state index in [9.17, 15) is 13.2 Å². The third-order valence-electron chi connectivity index (χ3n) is 10.9. The Labute approximate surface area is 355 Å². The number of thiazole rings is 1. The highest BCUT2D eigenvalue weighted by Gasteiger charge is 2.21. The van der Waals surface area contributed by atoms with Gasteiger partial charge in [0.05, 0.1) is 21.6 Å². The Morgan fingerprint density at radius 3 is 2.66 bits per heavy atom. The lowest BCUT2D eigenvalue weighted by molar-refractivity contribution is 0.102. The molecule has 59 heavy (non-hydrogen) atoms. The lowest BCUT2D eigenvalue weighted by Crippen LogP contribution is -2.24. The standard InChI is InChI=1S/C44H46N8O3S4/c1-3-51-38-15-10-30(22-35(38)34-13-11-31(23-39(34)51)40-21-29(2)28-57-40)26-45-16-5-4-6-17-50-18-8-19-52-33(27-50)25-37(48-52)43(53)47-44-46-36-14-12-32(24-41(36)58-44)49-59(54,55)42-9-7-20-56-42/h7,9-15,20-25,28,45,49H,3-6,8,16-19,26-27H2,1-2H3,(H,46,47,53). The number of sulfonamides is 1. The molecule has 1 aliphatic rings. The number of aryl methyl sites for hydroxylation is 3. The highest BCUT2D eigenvalue weighted by molar-refractivity contribution is 7.94. The lowest BCUT2D eigenvalue weighted by atomic mass is 10.1. The molecule has 0 saturated carbocycles. The SMILES string of the molecule is CCn1c2ccc(CNCCCCCN3CCCn4nc(C(=O)Nc5nc6ccc(NS(=O)(=O)c7cccs7)cc6s5)cc4C3)cc2c2ccc(-c3cc(C)cs3)cc21. The molecule has 1 amide bonds. The van der Waals surface area contributed by atoms with E-state index in [-0.39, 0.29) is 10.1 Å². The van der Waals surface area contributed by atoms with Gasteiger partial charge in [0.25, 0.3) is 15.9 Å². The van der Waals surface area contributed by atoms with E-state index in [0.717, 1.165) is 93.2 Å². The first-order chi connectivity index (χ1) is 28.7. The summed E-state index contributed by atoms with van der Waals surface area (Å²) in [5.74, 6) is -0.312. The quantitative estimate of drug-likeness (QED) is 0.0877. The topological polar surface area (TPSA) is 126 Å². The van der Waals surface area contributed by atoms with Gasteiger partial charge >= 0.3 is 0 Å². The second-order valence-electron chi connectivity index (χ2n) is 15.1. The molecule has 0 saturated heterocycles. The van der Waals surface area contributed by atoms with Crippen molar-refractivity contribution in [2.24, 2.45) is 0 Å². The highest BCUT2D eigenvalue weighted by Crippen LogP contribution is 2.35. The summed E-state index contributed by atoms with van der Waals surface area (Å²) in [5, 5.41) is 18.3. The molecule has 0 radical (unpaired) electrons. The van der Waals surface area contributed by atoms with Crippen LogP contribution >= 0.6 is 34.0 Å². The predicted molar refractivity (Wildman–Crippen MR) is 244 cm³/mol. The van der Waals surface area contributed by atoms with Gasteiger partial charge in [0.15, 0.2) is 10.8 Å². The van der Waals surface area contributed by atoms with Gasteiger partial charge in [-0.25, -0.2) is 13.4 Å². The molecule has 9 rings (SSSR count). The number of amides is 1. The number of carbonyl (C=O) groups is 1. The molecule has 0 spiro atoms. The molecule has 8 aromatic rings. The second-order valence-corrected chi connectivity index (χ2v) is 19.9. The van der Waals surface area contributed by atoms with Crippen LogP contribution in [-0.4, -0.2) is 58.2 Å². The maximum Gasteiger partial charge on any atom is 0.277 e. The summed E-state index contributed by atoms with van der Waals surface area (Å²) >= 11 is 4.26. The summed E-state index contributed by atoms with van der Waals surface area (Å²) in [7, 11) is -3.66. The van der Waals surface area contributed by atoms with Gasteiger partial charge in [0.1, 0.15) is 4.21 Å². The van der Waals surface area contributed by atoms with Crippen LogP contribution in [0.5, 0.6) is 0 Å². The lowest BCUT2D eigenvalue weighted by Gasteiger charge is -2.19. The van der Waals surface area contributed by atoms with Crippen molar-refractivity contribution in [2.45, 2.75) is 69.9 Å². The molecule has 0 unspecified atom stereocenters. The van der Waals surface area contributed by atoms with Crippen molar-refractivity contribution < 1.29 is 13.2 Å². The predicted octanol–water partition coefficient (Wildman–Crippen LogP) is 9.94. The van der Waals surface area contributed by atoms with Crippen molar-refractivity contribution >= 4 is 92.8 Å². The van der Waals surface area contributed by atoms with E-state index in [4.69, 9.17) is 0 Å². The molecule has 3 N–H and O–H groups in total. The zero-order valence-electron chi connectivity index (χ0n) is 33.0. The van der Waals surface area contributed by atoms with Crippen LogP contribution in [0.15, 0.2) is 93.8 Å². The molecule has 0 atom stereocenters. The van der Waals surface area contributed by atoms with Gasteiger partial charge in [-0.05, 0) is 128 Å². The minimum absolute atomic E-state index is 0.247. The van der Waals surface area contributed by atoms with Gasteiger partial charge in [0, 0.05) is 59.4 Å². The van der Waals surface area contributed by atoms with Crippen LogP contribution in [0.4, 0.5) is 10.8 Å². The van der Waals surface area contributed by atoms with E-state index in [1.54, 1.807) is 35.7 Å². The van der Waals surface area contributed by atoms with Crippen LogP contribution in [0.25, 0.3) is 42.5 Å². The van der Waals surface area contributed by atoms with E-state index < -0.39 is 10.0 Å². The number of anilines is 2. The maximum atomic E-state index is 13.3. The number of nitrogens with one attached hydrogen (secondary N) is 3. The smallest absolute Gasteiger partial charge is 0.277 e. The highest BCUT2D eigenvalue weighted by atomic mass is 32.2. The monoisotopic (exact) mass is 862 g/mol. The Morgan fingerprint density at radius 1 is 0.915 bits per heavy atom. The molecular formula is C44H46N8O3S4. The normalized spacial score (nSPS) is 13.7. The minimum Gasteiger partial charge on any atom is -0.341 e. The van der Waals surface area contributed by atoms with Crippen molar-refractivity contribution in [3.05, 3.63) is 112 Å². The van der Waals surface area contributed by atoms with Gasteiger partial charge in [0.2, 0.25) is 0 Å². The van der Waals surface area contributed by atoms with Crippen molar-refractivity contribution in [3.8, 4) is 10.4 Å². The van der Waals surface area contributed by atoms with Crippen LogP contribution in [-0.2, 0) is 36.2 Å². The minimum atomic E-state index is -3.66. The van der Waals surface area contributed by atoms with Gasteiger partial charge < -0.3 is 9.88 Å². The summed E-state index contributed by atoms with van der Waals surface area (Å²) in [6.07, 6.45) is 4.37. The van der Waals surface area contributed by atoms with Gasteiger partial charge in [-0.1, -0.05) is 42.0 Å². The average molecular weight is 863 g/mol. The number of carbonyl (C=O) groups excluding carboxylic acids is 1. The molecule has 0 aliphatic carbocycles. The molecular weight excluding hydrogens is 817 g/mol. The number of fused-ring (bicyclic) bond motifs is 5.